The molecule has 2 saturated heterocycles. The van der Waals surface area contributed by atoms with Crippen LogP contribution in [-0.2, 0) is 9.59 Å². The Bertz CT molecular complexity index is 1490. The minimum atomic E-state index is -0.0524. The van der Waals surface area contributed by atoms with Gasteiger partial charge < -0.3 is 20.0 Å². The third-order valence-corrected chi connectivity index (χ3v) is 9.24. The van der Waals surface area contributed by atoms with Crippen LogP contribution >= 0.6 is 0 Å². The summed E-state index contributed by atoms with van der Waals surface area (Å²) in [5, 5.41) is 3.04. The Morgan fingerprint density at radius 2 is 1.07 bits per heavy atom. The standard InChI is InChI=1S/C39H45N5O2/c1-31(30-38(46)43-25-21-41(22-26-43)35-15-9-4-10-16-35)29-37(45)40-34-17-19-36(20-18-34)42-23-27-44(28-24-42)39(32-11-5-2-6-12-32)33-13-7-3-8-14-33/h2-20,31,39H,21-30H2,1H3,(H,40,45). The van der Waals surface area contributed by atoms with Gasteiger partial charge in [0.05, 0.1) is 6.04 Å². The lowest BCUT2D eigenvalue weighted by Crippen LogP contribution is -2.49. The van der Waals surface area contributed by atoms with Crippen molar-refractivity contribution in [2.75, 3.05) is 67.5 Å². The van der Waals surface area contributed by atoms with Crippen molar-refractivity contribution < 1.29 is 9.59 Å². The summed E-state index contributed by atoms with van der Waals surface area (Å²) < 4.78 is 0. The summed E-state index contributed by atoms with van der Waals surface area (Å²) >= 11 is 0. The van der Waals surface area contributed by atoms with Gasteiger partial charge >= 0.3 is 0 Å². The summed E-state index contributed by atoms with van der Waals surface area (Å²) in [4.78, 5) is 35.0. The molecule has 2 fully saturated rings. The number of nitrogens with one attached hydrogen (secondary N) is 1. The number of hydrogen-bond donors (Lipinski definition) is 1. The molecule has 0 radical (unpaired) electrons. The summed E-state index contributed by atoms with van der Waals surface area (Å²) in [5.41, 5.74) is 5.80. The number of piperazine rings is 2. The number of carbonyl (C=O) groups is 2. The van der Waals surface area contributed by atoms with E-state index in [0.29, 0.717) is 25.9 Å². The van der Waals surface area contributed by atoms with E-state index in [1.54, 1.807) is 0 Å². The molecule has 0 aromatic heterocycles. The molecule has 238 valence electrons. The van der Waals surface area contributed by atoms with Gasteiger partial charge in [0.2, 0.25) is 11.8 Å². The van der Waals surface area contributed by atoms with Crippen molar-refractivity contribution in [3.63, 3.8) is 0 Å². The molecular formula is C39H45N5O2. The summed E-state index contributed by atoms with van der Waals surface area (Å²) in [7, 11) is 0. The molecule has 46 heavy (non-hydrogen) atoms. The third-order valence-electron chi connectivity index (χ3n) is 9.24. The molecule has 1 unspecified atom stereocenters. The fourth-order valence-corrected chi connectivity index (χ4v) is 6.76. The smallest absolute Gasteiger partial charge is 0.224 e. The van der Waals surface area contributed by atoms with E-state index in [0.717, 1.165) is 45.0 Å². The summed E-state index contributed by atoms with van der Waals surface area (Å²) in [6.45, 7) is 8.89. The fourth-order valence-electron chi connectivity index (χ4n) is 6.76. The van der Waals surface area contributed by atoms with Gasteiger partial charge in [-0.05, 0) is 53.4 Å². The molecule has 4 aromatic rings. The zero-order valence-electron chi connectivity index (χ0n) is 26.8. The highest BCUT2D eigenvalue weighted by molar-refractivity contribution is 5.91. The lowest BCUT2D eigenvalue weighted by Gasteiger charge is -2.40. The van der Waals surface area contributed by atoms with Crippen LogP contribution in [0.2, 0.25) is 0 Å². The van der Waals surface area contributed by atoms with Crippen LogP contribution in [-0.4, -0.2) is 74.0 Å². The van der Waals surface area contributed by atoms with Gasteiger partial charge in [0, 0.05) is 82.3 Å². The number of benzene rings is 4. The number of carbonyl (C=O) groups excluding carboxylic acids is 2. The topological polar surface area (TPSA) is 59.1 Å². The third kappa shape index (κ3) is 7.96. The molecule has 6 rings (SSSR count). The van der Waals surface area contributed by atoms with Crippen LogP contribution in [0.1, 0.15) is 36.9 Å². The van der Waals surface area contributed by atoms with Crippen molar-refractivity contribution in [1.82, 2.24) is 9.80 Å². The minimum absolute atomic E-state index is 0.0224. The molecule has 2 aliphatic rings. The average molecular weight is 616 g/mol. The first-order valence-electron chi connectivity index (χ1n) is 16.6. The number of hydrogen-bond acceptors (Lipinski definition) is 5. The Labute approximate surface area is 273 Å². The van der Waals surface area contributed by atoms with E-state index in [2.05, 4.69) is 105 Å². The summed E-state index contributed by atoms with van der Waals surface area (Å²) in [5.74, 6) is 0.0607. The highest BCUT2D eigenvalue weighted by Crippen LogP contribution is 2.30. The van der Waals surface area contributed by atoms with Crippen molar-refractivity contribution in [1.29, 1.82) is 0 Å². The Morgan fingerprint density at radius 3 is 1.61 bits per heavy atom. The van der Waals surface area contributed by atoms with Crippen molar-refractivity contribution in [3.8, 4) is 0 Å². The van der Waals surface area contributed by atoms with Gasteiger partial charge in [-0.3, -0.25) is 14.5 Å². The molecular weight excluding hydrogens is 570 g/mol. The van der Waals surface area contributed by atoms with E-state index in [-0.39, 0.29) is 23.8 Å². The molecule has 0 spiro atoms. The maximum atomic E-state index is 12.9. The summed E-state index contributed by atoms with van der Waals surface area (Å²) in [6, 6.07) is 40.3. The summed E-state index contributed by atoms with van der Waals surface area (Å²) in [6.07, 6.45) is 0.711. The molecule has 2 heterocycles. The van der Waals surface area contributed by atoms with Gasteiger partial charge in [-0.2, -0.15) is 0 Å². The molecule has 1 atom stereocenters. The second kappa shape index (κ2) is 15.1. The van der Waals surface area contributed by atoms with E-state index in [4.69, 9.17) is 0 Å². The molecule has 2 aliphatic heterocycles. The fraction of sp³-hybridized carbons (Fsp3) is 0.333. The first-order chi connectivity index (χ1) is 22.5. The lowest BCUT2D eigenvalue weighted by atomic mass is 9.96. The largest absolute Gasteiger partial charge is 0.369 e. The van der Waals surface area contributed by atoms with E-state index in [1.165, 1.54) is 22.5 Å². The Kier molecular flexibility index (Phi) is 10.3. The van der Waals surface area contributed by atoms with Gasteiger partial charge in [-0.1, -0.05) is 85.8 Å². The zero-order chi connectivity index (χ0) is 31.7. The van der Waals surface area contributed by atoms with Crippen molar-refractivity contribution in [2.24, 2.45) is 5.92 Å². The van der Waals surface area contributed by atoms with Gasteiger partial charge in [0.1, 0.15) is 0 Å². The number of anilines is 3. The average Bonchev–Trinajstić information content (AvgIpc) is 3.10. The van der Waals surface area contributed by atoms with Crippen LogP contribution in [0, 0.1) is 5.92 Å². The van der Waals surface area contributed by atoms with E-state index < -0.39 is 0 Å². The molecule has 0 aliphatic carbocycles. The monoisotopic (exact) mass is 615 g/mol. The predicted molar refractivity (Wildman–Crippen MR) is 187 cm³/mol. The predicted octanol–water partition coefficient (Wildman–Crippen LogP) is 6.30. The van der Waals surface area contributed by atoms with Gasteiger partial charge in [-0.25, -0.2) is 0 Å². The minimum Gasteiger partial charge on any atom is -0.369 e. The van der Waals surface area contributed by atoms with Gasteiger partial charge in [0.15, 0.2) is 0 Å². The van der Waals surface area contributed by atoms with Gasteiger partial charge in [-0.15, -0.1) is 0 Å². The molecule has 2 amide bonds. The second-order valence-electron chi connectivity index (χ2n) is 12.6. The second-order valence-corrected chi connectivity index (χ2v) is 12.6. The number of nitrogens with zero attached hydrogens (tertiary/aromatic N) is 4. The van der Waals surface area contributed by atoms with Crippen LogP contribution in [0.4, 0.5) is 17.1 Å². The van der Waals surface area contributed by atoms with Crippen LogP contribution in [0.5, 0.6) is 0 Å². The Morgan fingerprint density at radius 1 is 0.587 bits per heavy atom. The zero-order valence-corrected chi connectivity index (χ0v) is 26.8. The number of rotatable bonds is 10. The first-order valence-corrected chi connectivity index (χ1v) is 16.6. The molecule has 0 saturated carbocycles. The van der Waals surface area contributed by atoms with E-state index in [9.17, 15) is 9.59 Å². The van der Waals surface area contributed by atoms with Crippen LogP contribution in [0.15, 0.2) is 115 Å². The maximum Gasteiger partial charge on any atom is 0.224 e. The molecule has 7 nitrogen and oxygen atoms in total. The van der Waals surface area contributed by atoms with Crippen molar-refractivity contribution in [2.45, 2.75) is 25.8 Å². The molecule has 1 N–H and O–H groups in total. The SMILES string of the molecule is CC(CC(=O)Nc1ccc(N2CCN(C(c3ccccc3)c3ccccc3)CC2)cc1)CC(=O)N1CCN(c2ccccc2)CC1. The normalized spacial score (nSPS) is 16.3. The maximum absolute atomic E-state index is 12.9. The lowest BCUT2D eigenvalue weighted by molar-refractivity contribution is -0.132. The number of para-hydroxylation sites is 1. The van der Waals surface area contributed by atoms with E-state index >= 15 is 0 Å². The Balaban J connectivity index is 0.952. The quantitative estimate of drug-likeness (QED) is 0.227. The van der Waals surface area contributed by atoms with Crippen molar-refractivity contribution in [3.05, 3.63) is 126 Å². The first kappa shape index (κ1) is 31.4. The van der Waals surface area contributed by atoms with Crippen LogP contribution in [0.25, 0.3) is 0 Å². The highest BCUT2D eigenvalue weighted by atomic mass is 16.2. The van der Waals surface area contributed by atoms with Crippen LogP contribution in [0.3, 0.4) is 0 Å². The van der Waals surface area contributed by atoms with Crippen LogP contribution < -0.4 is 15.1 Å². The highest BCUT2D eigenvalue weighted by Gasteiger charge is 2.27. The molecule has 0 bridgehead atoms. The van der Waals surface area contributed by atoms with Gasteiger partial charge in [0.25, 0.3) is 0 Å². The van der Waals surface area contributed by atoms with Crippen molar-refractivity contribution >= 4 is 28.9 Å². The molecule has 4 aromatic carbocycles. The van der Waals surface area contributed by atoms with E-state index in [1.807, 2.05) is 42.2 Å². The Hall–Kier alpha value is -4.62. The molecule has 7 heteroatoms. The number of amides is 2.